The smallest absolute Gasteiger partial charge is 0.150 e. The Kier molecular flexibility index (Phi) is 4.47. The minimum atomic E-state index is -2.72. The van der Waals surface area contributed by atoms with Gasteiger partial charge in [-0.3, -0.25) is 0 Å². The summed E-state index contributed by atoms with van der Waals surface area (Å²) >= 11 is 0. The van der Waals surface area contributed by atoms with Crippen LogP contribution in [-0.4, -0.2) is 32.5 Å². The number of sulfone groups is 1. The van der Waals surface area contributed by atoms with Crippen LogP contribution >= 0.6 is 0 Å². The van der Waals surface area contributed by atoms with Gasteiger partial charge in [-0.25, -0.2) is 8.42 Å². The van der Waals surface area contributed by atoms with Gasteiger partial charge in [0.25, 0.3) is 0 Å². The molecule has 4 heteroatoms. The van der Waals surface area contributed by atoms with Crippen molar-refractivity contribution in [2.24, 2.45) is 11.8 Å². The first-order chi connectivity index (χ1) is 8.12. The minimum Gasteiger partial charge on any atom is -0.314 e. The maximum Gasteiger partial charge on any atom is 0.150 e. The van der Waals surface area contributed by atoms with Crippen molar-refractivity contribution in [2.75, 3.05) is 18.1 Å². The molecule has 1 aliphatic heterocycles. The molecule has 0 aromatic rings. The van der Waals surface area contributed by atoms with Gasteiger partial charge in [0.15, 0.2) is 9.84 Å². The maximum atomic E-state index is 11.6. The zero-order valence-corrected chi connectivity index (χ0v) is 11.6. The van der Waals surface area contributed by atoms with Crippen LogP contribution in [0.4, 0.5) is 0 Å². The number of hydrogen-bond donors (Lipinski definition) is 1. The molecule has 17 heavy (non-hydrogen) atoms. The largest absolute Gasteiger partial charge is 0.314 e. The average molecular weight is 259 g/mol. The van der Waals surface area contributed by atoms with E-state index in [9.17, 15) is 8.42 Å². The lowest BCUT2D eigenvalue weighted by Crippen LogP contribution is -2.42. The molecule has 0 radical (unpaired) electrons. The molecule has 1 saturated carbocycles. The van der Waals surface area contributed by atoms with E-state index in [1.807, 2.05) is 0 Å². The van der Waals surface area contributed by atoms with Gasteiger partial charge in [-0.05, 0) is 44.1 Å². The third-order valence-electron chi connectivity index (χ3n) is 4.35. The molecule has 0 amide bonds. The second-order valence-corrected chi connectivity index (χ2v) is 7.90. The summed E-state index contributed by atoms with van der Waals surface area (Å²) in [6, 6.07) is 0.571. The number of nitrogens with one attached hydrogen (secondary N) is 1. The maximum absolute atomic E-state index is 11.6. The Hall–Kier alpha value is -0.0900. The standard InChI is InChI=1S/C13H25NO2S/c1-2-8-14-13-6-4-3-5-12(13)11-7-9-17(15,16)10-11/h11-14H,2-10H2,1H3. The average Bonchev–Trinajstić information content (AvgIpc) is 2.67. The molecule has 3 unspecified atom stereocenters. The lowest BCUT2D eigenvalue weighted by molar-refractivity contribution is 0.199. The number of rotatable bonds is 4. The quantitative estimate of drug-likeness (QED) is 0.839. The van der Waals surface area contributed by atoms with Crippen LogP contribution in [0.25, 0.3) is 0 Å². The van der Waals surface area contributed by atoms with E-state index in [1.54, 1.807) is 0 Å². The van der Waals surface area contributed by atoms with E-state index < -0.39 is 9.84 Å². The fourth-order valence-corrected chi connectivity index (χ4v) is 5.36. The lowest BCUT2D eigenvalue weighted by Gasteiger charge is -2.36. The molecule has 0 spiro atoms. The minimum absolute atomic E-state index is 0.425. The Morgan fingerprint density at radius 3 is 2.59 bits per heavy atom. The van der Waals surface area contributed by atoms with Gasteiger partial charge in [0.2, 0.25) is 0 Å². The van der Waals surface area contributed by atoms with Crippen molar-refractivity contribution in [1.29, 1.82) is 0 Å². The molecule has 0 aromatic heterocycles. The van der Waals surface area contributed by atoms with Gasteiger partial charge in [-0.1, -0.05) is 19.8 Å². The summed E-state index contributed by atoms with van der Waals surface area (Å²) in [5.74, 6) is 1.90. The van der Waals surface area contributed by atoms with Gasteiger partial charge < -0.3 is 5.32 Å². The molecule has 0 aromatic carbocycles. The highest BCUT2D eigenvalue weighted by Crippen LogP contribution is 2.36. The molecule has 0 bridgehead atoms. The molecule has 1 N–H and O–H groups in total. The Balaban J connectivity index is 1.96. The summed E-state index contributed by atoms with van der Waals surface area (Å²) in [5, 5.41) is 3.63. The first-order valence-corrected chi connectivity index (χ1v) is 8.88. The van der Waals surface area contributed by atoms with E-state index in [1.165, 1.54) is 25.7 Å². The molecule has 3 atom stereocenters. The molecule has 1 aliphatic carbocycles. The predicted octanol–water partition coefficient (Wildman–Crippen LogP) is 1.98. The highest BCUT2D eigenvalue weighted by Gasteiger charge is 2.38. The van der Waals surface area contributed by atoms with Gasteiger partial charge in [0.05, 0.1) is 11.5 Å². The van der Waals surface area contributed by atoms with Crippen molar-refractivity contribution in [2.45, 2.75) is 51.5 Å². The van der Waals surface area contributed by atoms with Crippen LogP contribution in [0.1, 0.15) is 45.4 Å². The zero-order chi connectivity index (χ0) is 12.3. The third-order valence-corrected chi connectivity index (χ3v) is 6.14. The lowest BCUT2D eigenvalue weighted by atomic mass is 9.76. The summed E-state index contributed by atoms with van der Waals surface area (Å²) in [5.41, 5.74) is 0. The Bertz CT molecular complexity index is 339. The second kappa shape index (κ2) is 5.70. The van der Waals surface area contributed by atoms with Gasteiger partial charge in [0.1, 0.15) is 0 Å². The molecule has 3 nitrogen and oxygen atoms in total. The van der Waals surface area contributed by atoms with E-state index in [-0.39, 0.29) is 0 Å². The fourth-order valence-electron chi connectivity index (χ4n) is 3.47. The van der Waals surface area contributed by atoms with Gasteiger partial charge in [0, 0.05) is 6.04 Å². The summed E-state index contributed by atoms with van der Waals surface area (Å²) in [6.07, 6.45) is 7.11. The molecule has 100 valence electrons. The van der Waals surface area contributed by atoms with Crippen LogP contribution < -0.4 is 5.32 Å². The Morgan fingerprint density at radius 1 is 1.18 bits per heavy atom. The van der Waals surface area contributed by atoms with Crippen molar-refractivity contribution < 1.29 is 8.42 Å². The Morgan fingerprint density at radius 2 is 1.94 bits per heavy atom. The van der Waals surface area contributed by atoms with Crippen LogP contribution in [0, 0.1) is 11.8 Å². The summed E-state index contributed by atoms with van der Waals surface area (Å²) < 4.78 is 23.2. The van der Waals surface area contributed by atoms with E-state index in [4.69, 9.17) is 0 Å². The van der Waals surface area contributed by atoms with Gasteiger partial charge >= 0.3 is 0 Å². The predicted molar refractivity (Wildman–Crippen MR) is 70.8 cm³/mol. The molecule has 1 saturated heterocycles. The van der Waals surface area contributed by atoms with Crippen LogP contribution in [0.3, 0.4) is 0 Å². The van der Waals surface area contributed by atoms with Crippen LogP contribution in [-0.2, 0) is 9.84 Å². The topological polar surface area (TPSA) is 46.2 Å². The van der Waals surface area contributed by atoms with Gasteiger partial charge in [-0.2, -0.15) is 0 Å². The molecule has 1 heterocycles. The van der Waals surface area contributed by atoms with E-state index >= 15 is 0 Å². The summed E-state index contributed by atoms with van der Waals surface area (Å²) in [6.45, 7) is 3.26. The second-order valence-electron chi connectivity index (χ2n) is 5.67. The molecular formula is C13H25NO2S. The van der Waals surface area contributed by atoms with Crippen molar-refractivity contribution in [3.8, 4) is 0 Å². The van der Waals surface area contributed by atoms with Crippen molar-refractivity contribution >= 4 is 9.84 Å². The fraction of sp³-hybridized carbons (Fsp3) is 1.00. The number of hydrogen-bond acceptors (Lipinski definition) is 3. The monoisotopic (exact) mass is 259 g/mol. The van der Waals surface area contributed by atoms with E-state index in [0.717, 1.165) is 19.4 Å². The normalized spacial score (nSPS) is 37.1. The van der Waals surface area contributed by atoms with Crippen molar-refractivity contribution in [3.05, 3.63) is 0 Å². The van der Waals surface area contributed by atoms with Crippen LogP contribution in [0.2, 0.25) is 0 Å². The van der Waals surface area contributed by atoms with Crippen LogP contribution in [0.5, 0.6) is 0 Å². The molecular weight excluding hydrogens is 234 g/mol. The van der Waals surface area contributed by atoms with Crippen LogP contribution in [0.15, 0.2) is 0 Å². The van der Waals surface area contributed by atoms with E-state index in [2.05, 4.69) is 12.2 Å². The molecule has 2 aliphatic rings. The highest BCUT2D eigenvalue weighted by atomic mass is 32.2. The molecule has 2 fully saturated rings. The van der Waals surface area contributed by atoms with Gasteiger partial charge in [-0.15, -0.1) is 0 Å². The summed E-state index contributed by atoms with van der Waals surface area (Å²) in [7, 11) is -2.72. The highest BCUT2D eigenvalue weighted by molar-refractivity contribution is 7.91. The molecule has 2 rings (SSSR count). The first kappa shape index (κ1) is 13.3. The SMILES string of the molecule is CCCNC1CCCCC1C1CCS(=O)(=O)C1. The third kappa shape index (κ3) is 3.44. The summed E-state index contributed by atoms with van der Waals surface area (Å²) in [4.78, 5) is 0. The van der Waals surface area contributed by atoms with Crippen molar-refractivity contribution in [3.63, 3.8) is 0 Å². The Labute approximate surface area is 105 Å². The van der Waals surface area contributed by atoms with Crippen molar-refractivity contribution in [1.82, 2.24) is 5.32 Å². The first-order valence-electron chi connectivity index (χ1n) is 7.06. The van der Waals surface area contributed by atoms with E-state index in [0.29, 0.717) is 29.4 Å². The zero-order valence-electron chi connectivity index (χ0n) is 10.8.